The highest BCUT2D eigenvalue weighted by Gasteiger charge is 1.82. The predicted molar refractivity (Wildman–Crippen MR) is 17.0 cm³/mol. The first-order valence-corrected chi connectivity index (χ1v) is 1.41. The van der Waals surface area contributed by atoms with Gasteiger partial charge in [0.05, 0.1) is 6.07 Å². The van der Waals surface area contributed by atoms with Crippen molar-refractivity contribution in [2.24, 2.45) is 0 Å². The van der Waals surface area contributed by atoms with Gasteiger partial charge in [-0.3, -0.25) is 0 Å². The minimum Gasteiger partial charge on any atom is -0.491 e. The summed E-state index contributed by atoms with van der Waals surface area (Å²) in [6.45, 7) is 0. The summed E-state index contributed by atoms with van der Waals surface area (Å²) in [4.78, 5) is 0. The van der Waals surface area contributed by atoms with E-state index in [1.165, 1.54) is 6.07 Å². The Balaban J connectivity index is 3.05. The normalized spacial score (nSPS) is 8.67. The average molecular weight is 84.1 g/mol. The molecule has 3 nitrogen and oxygen atoms in total. The summed E-state index contributed by atoms with van der Waals surface area (Å²) in [5.41, 5.74) is 0. The number of nitrogens with zero attached hydrogens (tertiary/aromatic N) is 1. The third-order valence-corrected chi connectivity index (χ3v) is 0.380. The van der Waals surface area contributed by atoms with E-state index in [0.717, 1.165) is 0 Å². The van der Waals surface area contributed by atoms with Crippen LogP contribution >= 0.6 is 0 Å². The van der Waals surface area contributed by atoms with Crippen LogP contribution in [-0.2, 0) is 0 Å². The highest BCUT2D eigenvalue weighted by atomic mass is 16.5. The van der Waals surface area contributed by atoms with Gasteiger partial charge >= 0.3 is 0 Å². The molecule has 0 aliphatic carbocycles. The van der Waals surface area contributed by atoms with Crippen molar-refractivity contribution in [2.45, 2.75) is 0 Å². The van der Waals surface area contributed by atoms with E-state index in [1.54, 1.807) is 0 Å². The topological polar surface area (TPSA) is 46.3 Å². The molecule has 1 radical (unpaired) electrons. The van der Waals surface area contributed by atoms with Gasteiger partial charge in [0.1, 0.15) is 0 Å². The summed E-state index contributed by atoms with van der Waals surface area (Å²) in [6, 6.07) is 1.24. The van der Waals surface area contributed by atoms with Crippen molar-refractivity contribution < 1.29 is 9.63 Å². The highest BCUT2D eigenvalue weighted by Crippen LogP contribution is 1.97. The molecule has 6 heavy (non-hydrogen) atoms. The molecular formula is C3H2NO2. The maximum absolute atomic E-state index is 8.24. The maximum atomic E-state index is 8.24. The van der Waals surface area contributed by atoms with Crippen LogP contribution in [0.2, 0.25) is 0 Å². The standard InChI is InChI=1S/C3H2NO2/c5-3-1-2-6-4-3/h1H,(H,4,5). The molecule has 31 valence electrons. The summed E-state index contributed by atoms with van der Waals surface area (Å²) in [5, 5.41) is 11.3. The summed E-state index contributed by atoms with van der Waals surface area (Å²) < 4.78 is 4.09. The fourth-order valence-electron chi connectivity index (χ4n) is 0.179. The summed E-state index contributed by atoms with van der Waals surface area (Å²) in [6.07, 6.45) is 2.19. The van der Waals surface area contributed by atoms with Crippen LogP contribution in [0.15, 0.2) is 10.6 Å². The van der Waals surface area contributed by atoms with Crippen molar-refractivity contribution in [1.29, 1.82) is 0 Å². The first-order valence-electron chi connectivity index (χ1n) is 1.41. The molecule has 0 fully saturated rings. The smallest absolute Gasteiger partial charge is 0.252 e. The summed E-state index contributed by atoms with van der Waals surface area (Å²) in [5.74, 6) is -0.130. The fraction of sp³-hybridized carbons (Fsp3) is 0. The Kier molecular flexibility index (Phi) is 0.538. The third-order valence-electron chi connectivity index (χ3n) is 0.380. The van der Waals surface area contributed by atoms with Crippen molar-refractivity contribution >= 4 is 0 Å². The first-order chi connectivity index (χ1) is 2.89. The van der Waals surface area contributed by atoms with Gasteiger partial charge in [0, 0.05) is 0 Å². The van der Waals surface area contributed by atoms with E-state index in [0.29, 0.717) is 0 Å². The second-order valence-corrected chi connectivity index (χ2v) is 0.803. The Morgan fingerprint density at radius 3 is 3.00 bits per heavy atom. The van der Waals surface area contributed by atoms with Crippen molar-refractivity contribution in [1.82, 2.24) is 5.16 Å². The molecular weight excluding hydrogens is 82.0 g/mol. The molecule has 3 heteroatoms. The zero-order valence-corrected chi connectivity index (χ0v) is 2.88. The number of hydrogen-bond acceptors (Lipinski definition) is 3. The Morgan fingerprint density at radius 2 is 2.83 bits per heavy atom. The Bertz CT molecular complexity index is 112. The molecule has 0 bridgehead atoms. The largest absolute Gasteiger partial charge is 0.491 e. The summed E-state index contributed by atoms with van der Waals surface area (Å²) >= 11 is 0. The molecule has 0 aliphatic heterocycles. The van der Waals surface area contributed by atoms with E-state index in [1.807, 2.05) is 0 Å². The minimum atomic E-state index is -0.130. The molecule has 0 amide bonds. The van der Waals surface area contributed by atoms with Gasteiger partial charge in [0.25, 0.3) is 5.88 Å². The van der Waals surface area contributed by atoms with E-state index in [2.05, 4.69) is 15.9 Å². The molecule has 0 spiro atoms. The minimum absolute atomic E-state index is 0.130. The van der Waals surface area contributed by atoms with Gasteiger partial charge < -0.3 is 9.63 Å². The number of aromatic hydroxyl groups is 1. The van der Waals surface area contributed by atoms with E-state index in [4.69, 9.17) is 5.11 Å². The van der Waals surface area contributed by atoms with Crippen molar-refractivity contribution in [3.63, 3.8) is 0 Å². The lowest BCUT2D eigenvalue weighted by Gasteiger charge is -1.63. The van der Waals surface area contributed by atoms with Crippen LogP contribution in [0.4, 0.5) is 0 Å². The van der Waals surface area contributed by atoms with E-state index in [-0.39, 0.29) is 5.88 Å². The van der Waals surface area contributed by atoms with Crippen LogP contribution in [-0.4, -0.2) is 10.3 Å². The molecule has 1 aromatic rings. The Morgan fingerprint density at radius 1 is 2.00 bits per heavy atom. The van der Waals surface area contributed by atoms with Gasteiger partial charge in [-0.25, -0.2) is 0 Å². The lowest BCUT2D eigenvalue weighted by Crippen LogP contribution is -1.51. The molecule has 1 N–H and O–H groups in total. The molecule has 1 heterocycles. The quantitative estimate of drug-likeness (QED) is 0.487. The van der Waals surface area contributed by atoms with Crippen molar-refractivity contribution in [3.05, 3.63) is 12.3 Å². The maximum Gasteiger partial charge on any atom is 0.252 e. The molecule has 0 atom stereocenters. The SMILES string of the molecule is Oc1c[c]on1. The number of rotatable bonds is 0. The first kappa shape index (κ1) is 3.21. The molecule has 0 aromatic carbocycles. The predicted octanol–water partition coefficient (Wildman–Crippen LogP) is 0.180. The molecule has 0 saturated carbocycles. The molecule has 0 saturated heterocycles. The van der Waals surface area contributed by atoms with E-state index in [9.17, 15) is 0 Å². The lowest BCUT2D eigenvalue weighted by atomic mass is 10.7. The molecule has 0 aliphatic rings. The van der Waals surface area contributed by atoms with Crippen LogP contribution in [0.1, 0.15) is 0 Å². The van der Waals surface area contributed by atoms with Gasteiger partial charge in [-0.2, -0.15) is 0 Å². The van der Waals surface area contributed by atoms with Gasteiger partial charge in [-0.1, -0.05) is 0 Å². The van der Waals surface area contributed by atoms with Crippen molar-refractivity contribution in [3.8, 4) is 5.88 Å². The van der Waals surface area contributed by atoms with Gasteiger partial charge in [0.2, 0.25) is 6.26 Å². The average Bonchev–Trinajstić information content (AvgIpc) is 1.86. The number of aromatic nitrogens is 1. The molecule has 1 rings (SSSR count). The van der Waals surface area contributed by atoms with Gasteiger partial charge in [0.15, 0.2) is 0 Å². The second kappa shape index (κ2) is 1.01. The van der Waals surface area contributed by atoms with Crippen LogP contribution in [0.25, 0.3) is 0 Å². The highest BCUT2D eigenvalue weighted by molar-refractivity contribution is 4.96. The van der Waals surface area contributed by atoms with E-state index < -0.39 is 0 Å². The third kappa shape index (κ3) is 0.337. The van der Waals surface area contributed by atoms with Gasteiger partial charge in [-0.05, 0) is 5.16 Å². The van der Waals surface area contributed by atoms with Crippen LogP contribution in [0, 0.1) is 6.26 Å². The monoisotopic (exact) mass is 84.0 g/mol. The summed E-state index contributed by atoms with van der Waals surface area (Å²) in [7, 11) is 0. The Labute approximate surface area is 34.2 Å². The van der Waals surface area contributed by atoms with Crippen LogP contribution in [0.5, 0.6) is 5.88 Å². The zero-order chi connectivity index (χ0) is 4.41. The molecule has 0 unspecified atom stereocenters. The molecule has 1 aromatic heterocycles. The van der Waals surface area contributed by atoms with Crippen LogP contribution in [0.3, 0.4) is 0 Å². The Hall–Kier alpha value is -0.990. The van der Waals surface area contributed by atoms with Crippen molar-refractivity contribution in [2.75, 3.05) is 0 Å². The zero-order valence-electron chi connectivity index (χ0n) is 2.88. The van der Waals surface area contributed by atoms with E-state index >= 15 is 0 Å². The second-order valence-electron chi connectivity index (χ2n) is 0.803. The van der Waals surface area contributed by atoms with Gasteiger partial charge in [-0.15, -0.1) is 0 Å². The van der Waals surface area contributed by atoms with Crippen LogP contribution < -0.4 is 0 Å². The fourth-order valence-corrected chi connectivity index (χ4v) is 0.179. The lowest BCUT2D eigenvalue weighted by molar-refractivity contribution is 0.356. The number of hydrogen-bond donors (Lipinski definition) is 1.